The molecule has 0 aromatic heterocycles. The van der Waals surface area contributed by atoms with E-state index in [1.54, 1.807) is 18.3 Å². The van der Waals surface area contributed by atoms with Crippen LogP contribution in [0.3, 0.4) is 0 Å². The van der Waals surface area contributed by atoms with Crippen molar-refractivity contribution in [1.82, 2.24) is 20.3 Å². The van der Waals surface area contributed by atoms with Gasteiger partial charge in [0, 0.05) is 22.4 Å². The molecule has 158 valence electrons. The van der Waals surface area contributed by atoms with Crippen LogP contribution in [0.2, 0.25) is 0 Å². The highest BCUT2D eigenvalue weighted by molar-refractivity contribution is 8.00. The van der Waals surface area contributed by atoms with Crippen LogP contribution >= 0.6 is 24.2 Å². The first-order valence-corrected chi connectivity index (χ1v) is 9.64. The van der Waals surface area contributed by atoms with Crippen LogP contribution in [-0.4, -0.2) is 38.5 Å². The first-order valence-electron chi connectivity index (χ1n) is 8.82. The topological polar surface area (TPSA) is 85.1 Å². The number of aromatic nitrogens is 3. The minimum atomic E-state index is -4.28. The van der Waals surface area contributed by atoms with Crippen molar-refractivity contribution in [3.63, 3.8) is 0 Å². The number of H-pyrrole nitrogens is 1. The highest BCUT2D eigenvalue weighted by Gasteiger charge is 2.29. The molecule has 3 aliphatic heterocycles. The predicted molar refractivity (Wildman–Crippen MR) is 111 cm³/mol. The Balaban J connectivity index is 0.00000150. The molecule has 0 spiro atoms. The van der Waals surface area contributed by atoms with E-state index in [4.69, 9.17) is 0 Å². The van der Waals surface area contributed by atoms with E-state index in [2.05, 4.69) is 27.2 Å². The third kappa shape index (κ3) is 5.63. The van der Waals surface area contributed by atoms with E-state index < -0.39 is 5.51 Å². The van der Waals surface area contributed by atoms with Crippen LogP contribution in [-0.2, 0) is 0 Å². The number of benzene rings is 1. The number of aromatic amines is 1. The molecular formula is C19H22ClF3N4OS. The van der Waals surface area contributed by atoms with Crippen molar-refractivity contribution in [3.8, 4) is 22.6 Å². The second-order valence-corrected chi connectivity index (χ2v) is 8.00. The summed E-state index contributed by atoms with van der Waals surface area (Å²) >= 11 is -0.114. The Morgan fingerprint density at radius 2 is 1.86 bits per heavy atom. The van der Waals surface area contributed by atoms with Crippen molar-refractivity contribution in [2.75, 3.05) is 6.54 Å². The number of thioether (sulfide) groups is 1. The Hall–Kier alpha value is -1.81. The maximum Gasteiger partial charge on any atom is 0.446 e. The van der Waals surface area contributed by atoms with Crippen molar-refractivity contribution < 1.29 is 18.6 Å². The number of halogens is 4. The summed E-state index contributed by atoms with van der Waals surface area (Å²) in [6.45, 7) is 3.15. The van der Waals surface area contributed by atoms with Crippen LogP contribution in [0.25, 0.3) is 22.6 Å². The number of nitrogens with one attached hydrogen (secondary N) is 2. The molecule has 0 radical (unpaired) electrons. The Morgan fingerprint density at radius 1 is 1.14 bits per heavy atom. The lowest BCUT2D eigenvalue weighted by atomic mass is 9.92. The Bertz CT molecular complexity index is 903. The zero-order valence-corrected chi connectivity index (χ0v) is 17.2. The van der Waals surface area contributed by atoms with E-state index in [1.165, 1.54) is 12.1 Å². The fourth-order valence-electron chi connectivity index (χ4n) is 3.50. The van der Waals surface area contributed by atoms with E-state index in [-0.39, 0.29) is 34.5 Å². The number of piperidine rings is 1. The van der Waals surface area contributed by atoms with Crippen LogP contribution in [0, 0.1) is 0 Å². The van der Waals surface area contributed by atoms with Gasteiger partial charge >= 0.3 is 5.51 Å². The smallest absolute Gasteiger partial charge is 0.412 e. The van der Waals surface area contributed by atoms with Gasteiger partial charge in [-0.3, -0.25) is 0 Å². The van der Waals surface area contributed by atoms with Gasteiger partial charge in [-0.15, -0.1) is 12.4 Å². The lowest BCUT2D eigenvalue weighted by molar-refractivity contribution is -0.0328. The second-order valence-electron chi connectivity index (χ2n) is 6.86. The molecule has 1 aromatic carbocycles. The number of fused-ring (bicyclic) bond motifs is 1. The molecule has 29 heavy (non-hydrogen) atoms. The van der Waals surface area contributed by atoms with Crippen LogP contribution in [0.5, 0.6) is 0 Å². The normalized spacial score (nSPS) is 19.4. The standard InChI is InChI=1S/C19H19F3N4S.ClH.H2O/c1-11-8-13(6-7-23-11)18-24-10-17-16(26-18)9-15(25-17)12-2-4-14(5-3-12)27-19(20,21)22;;/h2-5,9-11,13,23H,6-8H2,1H3,(H,24,26);1H;1H2. The Morgan fingerprint density at radius 3 is 2.52 bits per heavy atom. The average Bonchev–Trinajstić information content (AvgIpc) is 3.04. The SMILES string of the molecule is CC1CC(c2ncc3nc(-c4ccc(SC(F)(F)F)cc4)cc-3[nH]2)CCN1.Cl.O. The van der Waals surface area contributed by atoms with Gasteiger partial charge in [-0.05, 0) is 56.3 Å². The molecule has 1 aromatic rings. The van der Waals surface area contributed by atoms with E-state index in [0.717, 1.165) is 47.9 Å². The molecule has 1 fully saturated rings. The summed E-state index contributed by atoms with van der Waals surface area (Å²) < 4.78 is 37.4. The predicted octanol–water partition coefficient (Wildman–Crippen LogP) is 4.64. The zero-order valence-electron chi connectivity index (χ0n) is 15.6. The highest BCUT2D eigenvalue weighted by atomic mass is 35.5. The Kier molecular flexibility index (Phi) is 7.56. The van der Waals surface area contributed by atoms with Gasteiger partial charge in [0.1, 0.15) is 11.5 Å². The quantitative estimate of drug-likeness (QED) is 0.574. The molecule has 0 amide bonds. The number of alkyl halides is 3. The van der Waals surface area contributed by atoms with Crippen molar-refractivity contribution in [1.29, 1.82) is 0 Å². The summed E-state index contributed by atoms with van der Waals surface area (Å²) in [6.07, 6.45) is 3.85. The molecule has 4 N–H and O–H groups in total. The summed E-state index contributed by atoms with van der Waals surface area (Å²) in [5.41, 5.74) is -1.12. The molecule has 0 saturated carbocycles. The highest BCUT2D eigenvalue weighted by Crippen LogP contribution is 2.38. The first kappa shape index (κ1) is 23.5. The van der Waals surface area contributed by atoms with Crippen molar-refractivity contribution in [3.05, 3.63) is 42.4 Å². The Labute approximate surface area is 177 Å². The summed E-state index contributed by atoms with van der Waals surface area (Å²) in [6, 6.07) is 8.66. The van der Waals surface area contributed by atoms with Gasteiger partial charge < -0.3 is 15.8 Å². The van der Waals surface area contributed by atoms with E-state index in [9.17, 15) is 13.2 Å². The lowest BCUT2D eigenvalue weighted by Gasteiger charge is -2.27. The fraction of sp³-hybridized carbons (Fsp3) is 0.368. The molecule has 0 aliphatic carbocycles. The first-order chi connectivity index (χ1) is 12.9. The minimum absolute atomic E-state index is 0. The van der Waals surface area contributed by atoms with Gasteiger partial charge in [-0.2, -0.15) is 13.2 Å². The molecule has 10 heteroatoms. The minimum Gasteiger partial charge on any atom is -0.412 e. The lowest BCUT2D eigenvalue weighted by Crippen LogP contribution is -2.35. The number of hydrogen-bond acceptors (Lipinski definition) is 4. The summed E-state index contributed by atoms with van der Waals surface area (Å²) in [4.78, 5) is 12.7. The molecule has 5 nitrogen and oxygen atoms in total. The molecule has 2 atom stereocenters. The number of hydrogen-bond donors (Lipinski definition) is 2. The monoisotopic (exact) mass is 446 g/mol. The van der Waals surface area contributed by atoms with Gasteiger partial charge in [0.2, 0.25) is 0 Å². The number of nitrogens with zero attached hydrogens (tertiary/aromatic N) is 2. The zero-order chi connectivity index (χ0) is 19.0. The molecule has 3 aliphatic rings. The van der Waals surface area contributed by atoms with Crippen molar-refractivity contribution in [2.45, 2.75) is 42.1 Å². The van der Waals surface area contributed by atoms with Crippen LogP contribution in [0.1, 0.15) is 31.5 Å². The summed E-state index contributed by atoms with van der Waals surface area (Å²) in [5.74, 6) is 1.36. The largest absolute Gasteiger partial charge is 0.446 e. The molecular weight excluding hydrogens is 425 g/mol. The van der Waals surface area contributed by atoms with Crippen LogP contribution in [0.4, 0.5) is 13.2 Å². The third-order valence-electron chi connectivity index (χ3n) is 4.78. The maximum absolute atomic E-state index is 12.5. The third-order valence-corrected chi connectivity index (χ3v) is 5.52. The van der Waals surface area contributed by atoms with E-state index in [1.807, 2.05) is 6.07 Å². The summed E-state index contributed by atoms with van der Waals surface area (Å²) in [5, 5.41) is 3.44. The van der Waals surface area contributed by atoms with Gasteiger partial charge in [-0.25, -0.2) is 9.97 Å². The fourth-order valence-corrected chi connectivity index (χ4v) is 4.03. The van der Waals surface area contributed by atoms with Crippen LogP contribution in [0.15, 0.2) is 41.4 Å². The van der Waals surface area contributed by atoms with Gasteiger partial charge in [0.15, 0.2) is 0 Å². The molecule has 1 saturated heterocycles. The molecule has 0 bridgehead atoms. The van der Waals surface area contributed by atoms with Crippen molar-refractivity contribution in [2.24, 2.45) is 0 Å². The van der Waals surface area contributed by atoms with E-state index >= 15 is 0 Å². The van der Waals surface area contributed by atoms with Gasteiger partial charge in [0.25, 0.3) is 0 Å². The van der Waals surface area contributed by atoms with Crippen LogP contribution < -0.4 is 5.32 Å². The van der Waals surface area contributed by atoms with Gasteiger partial charge in [0.05, 0.1) is 17.6 Å². The second kappa shape index (κ2) is 9.34. The average molecular weight is 447 g/mol. The molecule has 4 rings (SSSR count). The van der Waals surface area contributed by atoms with E-state index in [0.29, 0.717) is 12.0 Å². The maximum atomic E-state index is 12.5. The van der Waals surface area contributed by atoms with Gasteiger partial charge in [-0.1, -0.05) is 12.1 Å². The van der Waals surface area contributed by atoms with Crippen molar-refractivity contribution >= 4 is 24.2 Å². The summed E-state index contributed by atoms with van der Waals surface area (Å²) in [7, 11) is 0. The number of rotatable bonds is 3. The molecule has 3 heterocycles. The molecule has 2 unspecified atom stereocenters.